The van der Waals surface area contributed by atoms with E-state index in [1.165, 1.54) is 42.7 Å². The van der Waals surface area contributed by atoms with Crippen LogP contribution in [0, 0.1) is 5.92 Å². The fraction of sp³-hybridized carbons (Fsp3) is 0.500. The molecule has 0 bridgehead atoms. The number of carbonyl (C=O) groups excluding carboxylic acids is 6. The number of carbonyl (C=O) groups is 6. The quantitative estimate of drug-likeness (QED) is 0.0323. The Hall–Kier alpha value is -9.90. The Morgan fingerprint density at radius 1 is 0.421 bits per heavy atom. The van der Waals surface area contributed by atoms with E-state index in [4.69, 9.17) is 66.3 Å². The summed E-state index contributed by atoms with van der Waals surface area (Å²) >= 11 is 0. The predicted molar refractivity (Wildman–Crippen MR) is 405 cm³/mol. The van der Waals surface area contributed by atoms with Gasteiger partial charge in [-0.05, 0) is 216 Å². The third kappa shape index (κ3) is 22.1. The zero-order chi connectivity index (χ0) is 77.1. The van der Waals surface area contributed by atoms with Gasteiger partial charge in [0.2, 0.25) is 23.3 Å². The molecule has 6 aromatic rings. The van der Waals surface area contributed by atoms with E-state index in [0.29, 0.717) is 175 Å². The lowest BCUT2D eigenvalue weighted by molar-refractivity contribution is -0.162. The molecular formula is C84H109N3O20. The number of ketones is 2. The van der Waals surface area contributed by atoms with Crippen molar-refractivity contribution in [2.75, 3.05) is 118 Å². The molecule has 2 amide bonds. The number of likely N-dealkylation sites (tertiary alicyclic amines) is 2. The second-order valence-electron chi connectivity index (χ2n) is 27.2. The molecule has 8 rings (SSSR count). The Labute approximate surface area is 630 Å². The first-order valence-electron chi connectivity index (χ1n) is 37.0. The number of esters is 2. The molecule has 7 atom stereocenters. The normalized spacial score (nSPS) is 15.7. The Kier molecular flexibility index (Phi) is 31.9. The molecule has 23 heteroatoms. The van der Waals surface area contributed by atoms with E-state index in [9.17, 15) is 28.8 Å². The van der Waals surface area contributed by atoms with Gasteiger partial charge >= 0.3 is 11.9 Å². The summed E-state index contributed by atoms with van der Waals surface area (Å²) in [6.07, 6.45) is 6.18. The monoisotopic (exact) mass is 1480 g/mol. The fourth-order valence-corrected chi connectivity index (χ4v) is 14.3. The van der Waals surface area contributed by atoms with Crippen molar-refractivity contribution in [3.05, 3.63) is 143 Å². The lowest BCUT2D eigenvalue weighted by atomic mass is 9.91. The van der Waals surface area contributed by atoms with Crippen LogP contribution < -0.4 is 56.8 Å². The zero-order valence-corrected chi connectivity index (χ0v) is 64.8. The molecule has 2 aliphatic rings. The predicted octanol–water partition coefficient (Wildman–Crippen LogP) is 13.7. The van der Waals surface area contributed by atoms with Crippen molar-refractivity contribution in [2.24, 2.45) is 5.92 Å². The first-order chi connectivity index (χ1) is 51.8. The molecule has 2 unspecified atom stereocenters. The molecule has 0 saturated carbocycles. The highest BCUT2D eigenvalue weighted by Gasteiger charge is 2.40. The van der Waals surface area contributed by atoms with Crippen LogP contribution in [0.25, 0.3) is 0 Å². The molecule has 6 aromatic carbocycles. The Balaban J connectivity index is 0.906. The first-order valence-corrected chi connectivity index (χ1v) is 37.0. The van der Waals surface area contributed by atoms with Crippen molar-refractivity contribution >= 4 is 35.3 Å². The van der Waals surface area contributed by atoms with E-state index in [1.807, 2.05) is 81.4 Å². The van der Waals surface area contributed by atoms with Crippen LogP contribution in [0.15, 0.2) is 109 Å². The van der Waals surface area contributed by atoms with Crippen molar-refractivity contribution in [2.45, 2.75) is 153 Å². The van der Waals surface area contributed by atoms with Gasteiger partial charge in [0.25, 0.3) is 0 Å². The largest absolute Gasteiger partial charge is 0.493 e. The van der Waals surface area contributed by atoms with Crippen LogP contribution in [-0.4, -0.2) is 180 Å². The van der Waals surface area contributed by atoms with E-state index < -0.39 is 48.1 Å². The minimum atomic E-state index is -0.847. The van der Waals surface area contributed by atoms with Gasteiger partial charge in [-0.15, -0.1) is 0 Å². The summed E-state index contributed by atoms with van der Waals surface area (Å²) < 4.78 is 81.4. The standard InChI is InChI=1S/C84H109N3O20/c1-15-65(59-47-75(98-9)79(102-13)76(48-59)99-10)81(90)86-41-19-17-27-67(86)83(92)106-69(37-31-54-33-39-71(94-5)73(43-54)96-7)57-23-21-25-63(45-57)104-52-61(88)35-29-56(51-85(3)4)30-36-62(89)53-105-64-26-22-24-58(46-64)70(38-32-55-34-40-72(95-6)74(44-55)97-8)107-84(93)68-28-18-20-42-87(68)82(91)66(16-2)60-49-77(100-11)80(103-14)78(50-60)101-12/h21-26,33-34,39-40,43-50,56,65-70H,15-20,27-32,35-38,41-42,51-53H2,1-14H3/t56?,65-,66-,67-,68?,69+,70+/m0/s1. The fourth-order valence-electron chi connectivity index (χ4n) is 14.3. The number of ether oxygens (including phenoxy) is 14. The van der Waals surface area contributed by atoms with Crippen LogP contribution in [0.2, 0.25) is 0 Å². The minimum Gasteiger partial charge on any atom is -0.493 e. The minimum absolute atomic E-state index is 0.0118. The van der Waals surface area contributed by atoms with Crippen molar-refractivity contribution in [3.8, 4) is 69.0 Å². The van der Waals surface area contributed by atoms with Crippen molar-refractivity contribution < 1.29 is 95.1 Å². The van der Waals surface area contributed by atoms with Gasteiger partial charge in [-0.2, -0.15) is 0 Å². The smallest absolute Gasteiger partial charge is 0.329 e. The molecule has 2 aliphatic heterocycles. The molecule has 0 radical (unpaired) electrons. The third-order valence-corrected chi connectivity index (χ3v) is 20.1. The number of rotatable bonds is 42. The molecule has 0 aromatic heterocycles. The highest BCUT2D eigenvalue weighted by atomic mass is 16.6. The van der Waals surface area contributed by atoms with Gasteiger partial charge < -0.3 is 81.0 Å². The van der Waals surface area contributed by atoms with Gasteiger partial charge in [-0.3, -0.25) is 19.2 Å². The molecule has 23 nitrogen and oxygen atoms in total. The van der Waals surface area contributed by atoms with Crippen molar-refractivity contribution in [1.29, 1.82) is 0 Å². The van der Waals surface area contributed by atoms with Crippen molar-refractivity contribution in [3.63, 3.8) is 0 Å². The number of hydrogen-bond donors (Lipinski definition) is 0. The summed E-state index contributed by atoms with van der Waals surface area (Å²) in [5.41, 5.74) is 4.48. The average molecular weight is 1480 g/mol. The van der Waals surface area contributed by atoms with Crippen LogP contribution in [0.4, 0.5) is 0 Å². The number of methoxy groups -OCH3 is 10. The number of benzene rings is 6. The SMILES string of the molecule is CC[C@H](C(=O)N1CCCCC1C(=O)O[C@H](CCc1ccc(OC)c(OC)c1)c1cccc(OCC(=O)CCC(CCC(=O)COc2cccc([C@@H](CCc3ccc(OC)c(OC)c3)OC(=O)[C@@H]3CCCCN3C(=O)[C@@H](CC)c3cc(OC)c(OC)c(OC)c3)c2)CN(C)C)c1)c1cc(OC)c(OC)c(OC)c1. The molecule has 0 spiro atoms. The van der Waals surface area contributed by atoms with E-state index in [0.717, 1.165) is 36.8 Å². The molecule has 580 valence electrons. The van der Waals surface area contributed by atoms with Crippen LogP contribution in [-0.2, 0) is 51.1 Å². The first kappa shape index (κ1) is 82.7. The van der Waals surface area contributed by atoms with E-state index in [2.05, 4.69) is 0 Å². The molecule has 2 heterocycles. The molecule has 107 heavy (non-hydrogen) atoms. The summed E-state index contributed by atoms with van der Waals surface area (Å²) in [6.45, 7) is 4.82. The summed E-state index contributed by atoms with van der Waals surface area (Å²) in [7, 11) is 19.4. The third-order valence-electron chi connectivity index (χ3n) is 20.1. The van der Waals surface area contributed by atoms with Crippen LogP contribution in [0.1, 0.15) is 161 Å². The van der Waals surface area contributed by atoms with Gasteiger partial charge in [0.15, 0.2) is 57.6 Å². The maximum Gasteiger partial charge on any atom is 0.329 e. The molecule has 2 saturated heterocycles. The number of Topliss-reactive ketones (excluding diaryl/α,β-unsaturated/α-hetero) is 2. The molecule has 0 N–H and O–H groups in total. The number of nitrogens with zero attached hydrogens (tertiary/aromatic N) is 3. The second-order valence-corrected chi connectivity index (χ2v) is 27.2. The molecule has 2 fully saturated rings. The zero-order valence-electron chi connectivity index (χ0n) is 64.8. The van der Waals surface area contributed by atoms with Gasteiger partial charge in [0, 0.05) is 32.5 Å². The van der Waals surface area contributed by atoms with Gasteiger partial charge in [0.1, 0.15) is 49.0 Å². The number of hydrogen-bond acceptors (Lipinski definition) is 21. The molecular weight excluding hydrogens is 1370 g/mol. The summed E-state index contributed by atoms with van der Waals surface area (Å²) in [5.74, 6) is 2.65. The highest BCUT2D eigenvalue weighted by molar-refractivity contribution is 5.90. The van der Waals surface area contributed by atoms with Gasteiger partial charge in [-0.25, -0.2) is 9.59 Å². The summed E-state index contributed by atoms with van der Waals surface area (Å²) in [6, 6.07) is 31.1. The maximum absolute atomic E-state index is 14.7. The Morgan fingerprint density at radius 2 is 0.794 bits per heavy atom. The lowest BCUT2D eigenvalue weighted by Crippen LogP contribution is -2.50. The summed E-state index contributed by atoms with van der Waals surface area (Å²) in [4.78, 5) is 91.8. The lowest BCUT2D eigenvalue weighted by Gasteiger charge is -2.37. The number of amides is 2. The Bertz CT molecular complexity index is 3640. The van der Waals surface area contributed by atoms with Crippen LogP contribution in [0.5, 0.6) is 69.0 Å². The average Bonchev–Trinajstić information content (AvgIpc) is 0.795. The number of piperidine rings is 2. The topological polar surface area (TPSA) is 241 Å². The maximum atomic E-state index is 14.7. The van der Waals surface area contributed by atoms with E-state index >= 15 is 0 Å². The van der Waals surface area contributed by atoms with E-state index in [-0.39, 0.29) is 55.4 Å². The van der Waals surface area contributed by atoms with Crippen LogP contribution >= 0.6 is 0 Å². The molecule has 0 aliphatic carbocycles. The van der Waals surface area contributed by atoms with Crippen LogP contribution in [0.3, 0.4) is 0 Å². The second kappa shape index (κ2) is 41.3. The van der Waals surface area contributed by atoms with Crippen molar-refractivity contribution in [1.82, 2.24) is 14.7 Å². The Morgan fingerprint density at radius 3 is 1.13 bits per heavy atom. The van der Waals surface area contributed by atoms with Gasteiger partial charge in [-0.1, -0.05) is 50.2 Å². The van der Waals surface area contributed by atoms with E-state index in [1.54, 1.807) is 98.9 Å². The van der Waals surface area contributed by atoms with Gasteiger partial charge in [0.05, 0.1) is 82.9 Å². The highest BCUT2D eigenvalue weighted by Crippen LogP contribution is 2.44. The number of aryl methyl sites for hydroxylation is 2. The summed E-state index contributed by atoms with van der Waals surface area (Å²) in [5, 5.41) is 0.